The van der Waals surface area contributed by atoms with E-state index >= 15 is 0 Å². The van der Waals surface area contributed by atoms with E-state index in [4.69, 9.17) is 4.74 Å². The highest BCUT2D eigenvalue weighted by Crippen LogP contribution is 2.15. The topological polar surface area (TPSA) is 9.23 Å². The SMILES string of the molecule is C(=C/C1CCCOC1)/CCc1ccccc1. The molecule has 0 radical (unpaired) electrons. The first-order chi connectivity index (χ1) is 7.95. The van der Waals surface area contributed by atoms with E-state index < -0.39 is 0 Å². The molecular weight excluding hydrogens is 196 g/mol. The Labute approximate surface area is 98.1 Å². The molecule has 1 fully saturated rings. The number of ether oxygens (including phenoxy) is 1. The van der Waals surface area contributed by atoms with Gasteiger partial charge in [0, 0.05) is 12.5 Å². The third-order valence-corrected chi connectivity index (χ3v) is 3.05. The maximum absolute atomic E-state index is 5.45. The fourth-order valence-electron chi connectivity index (χ4n) is 2.10. The number of hydrogen-bond acceptors (Lipinski definition) is 1. The van der Waals surface area contributed by atoms with Crippen molar-refractivity contribution in [1.29, 1.82) is 0 Å². The second-order valence-electron chi connectivity index (χ2n) is 4.43. The van der Waals surface area contributed by atoms with Crippen LogP contribution in [0.25, 0.3) is 0 Å². The Morgan fingerprint density at radius 2 is 2.12 bits per heavy atom. The summed E-state index contributed by atoms with van der Waals surface area (Å²) in [6.45, 7) is 1.87. The van der Waals surface area contributed by atoms with E-state index in [9.17, 15) is 0 Å². The molecule has 1 atom stereocenters. The van der Waals surface area contributed by atoms with Crippen LogP contribution in [0, 0.1) is 5.92 Å². The van der Waals surface area contributed by atoms with Gasteiger partial charge in [-0.25, -0.2) is 0 Å². The molecule has 2 rings (SSSR count). The van der Waals surface area contributed by atoms with Gasteiger partial charge < -0.3 is 4.74 Å². The minimum Gasteiger partial charge on any atom is -0.381 e. The predicted molar refractivity (Wildman–Crippen MR) is 67.4 cm³/mol. The van der Waals surface area contributed by atoms with E-state index in [1.54, 1.807) is 0 Å². The number of rotatable bonds is 4. The molecular formula is C15H20O. The fourth-order valence-corrected chi connectivity index (χ4v) is 2.10. The second kappa shape index (κ2) is 6.49. The van der Waals surface area contributed by atoms with Crippen LogP contribution in [-0.2, 0) is 11.2 Å². The highest BCUT2D eigenvalue weighted by molar-refractivity contribution is 5.15. The van der Waals surface area contributed by atoms with E-state index in [0.29, 0.717) is 5.92 Å². The largest absolute Gasteiger partial charge is 0.381 e. The number of aryl methyl sites for hydroxylation is 1. The van der Waals surface area contributed by atoms with E-state index in [2.05, 4.69) is 42.5 Å². The molecule has 1 aliphatic heterocycles. The first-order valence-electron chi connectivity index (χ1n) is 6.23. The molecule has 16 heavy (non-hydrogen) atoms. The van der Waals surface area contributed by atoms with E-state index in [-0.39, 0.29) is 0 Å². The van der Waals surface area contributed by atoms with Crippen molar-refractivity contribution in [2.45, 2.75) is 25.7 Å². The minimum absolute atomic E-state index is 0.657. The number of hydrogen-bond donors (Lipinski definition) is 0. The van der Waals surface area contributed by atoms with Crippen LogP contribution in [0.15, 0.2) is 42.5 Å². The Hall–Kier alpha value is -1.08. The average molecular weight is 216 g/mol. The zero-order valence-corrected chi connectivity index (χ0v) is 9.77. The Balaban J connectivity index is 1.69. The average Bonchev–Trinajstić information content (AvgIpc) is 2.37. The van der Waals surface area contributed by atoms with Crippen LogP contribution in [0.2, 0.25) is 0 Å². The Bertz CT molecular complexity index is 309. The van der Waals surface area contributed by atoms with Gasteiger partial charge in [0.2, 0.25) is 0 Å². The highest BCUT2D eigenvalue weighted by atomic mass is 16.5. The molecule has 1 heteroatoms. The van der Waals surface area contributed by atoms with Crippen molar-refractivity contribution >= 4 is 0 Å². The molecule has 0 N–H and O–H groups in total. The molecule has 1 unspecified atom stereocenters. The van der Waals surface area contributed by atoms with Gasteiger partial charge in [-0.2, -0.15) is 0 Å². The van der Waals surface area contributed by atoms with Gasteiger partial charge in [0.25, 0.3) is 0 Å². The first-order valence-corrected chi connectivity index (χ1v) is 6.23. The molecule has 0 amide bonds. The summed E-state index contributed by atoms with van der Waals surface area (Å²) in [6.07, 6.45) is 9.44. The third kappa shape index (κ3) is 3.82. The van der Waals surface area contributed by atoms with Crippen LogP contribution < -0.4 is 0 Å². The molecule has 1 heterocycles. The summed E-state index contributed by atoms with van der Waals surface area (Å²) < 4.78 is 5.45. The Morgan fingerprint density at radius 3 is 2.88 bits per heavy atom. The molecule has 0 aromatic heterocycles. The molecule has 1 nitrogen and oxygen atoms in total. The lowest BCUT2D eigenvalue weighted by atomic mass is 10.0. The van der Waals surface area contributed by atoms with Crippen molar-refractivity contribution in [1.82, 2.24) is 0 Å². The van der Waals surface area contributed by atoms with Gasteiger partial charge in [0.15, 0.2) is 0 Å². The van der Waals surface area contributed by atoms with Gasteiger partial charge >= 0.3 is 0 Å². The first kappa shape index (κ1) is 11.4. The third-order valence-electron chi connectivity index (χ3n) is 3.05. The standard InChI is InChI=1S/C15H20O/c1-2-7-14(8-3-1)9-4-5-10-15-11-6-12-16-13-15/h1-3,5,7-8,10,15H,4,6,9,11-13H2/b10-5-. The molecule has 1 aromatic carbocycles. The zero-order chi connectivity index (χ0) is 11.1. The van der Waals surface area contributed by atoms with Crippen LogP contribution in [0.4, 0.5) is 0 Å². The van der Waals surface area contributed by atoms with Gasteiger partial charge in [-0.1, -0.05) is 42.5 Å². The van der Waals surface area contributed by atoms with Crippen LogP contribution in [0.3, 0.4) is 0 Å². The van der Waals surface area contributed by atoms with Gasteiger partial charge in [0.1, 0.15) is 0 Å². The lowest BCUT2D eigenvalue weighted by molar-refractivity contribution is 0.0709. The quantitative estimate of drug-likeness (QED) is 0.699. The summed E-state index contributed by atoms with van der Waals surface area (Å²) in [5.41, 5.74) is 1.42. The molecule has 86 valence electrons. The van der Waals surface area contributed by atoms with Crippen molar-refractivity contribution in [2.24, 2.45) is 5.92 Å². The van der Waals surface area contributed by atoms with Gasteiger partial charge in [-0.05, 0) is 31.2 Å². The second-order valence-corrected chi connectivity index (χ2v) is 4.43. The van der Waals surface area contributed by atoms with Gasteiger partial charge in [-0.15, -0.1) is 0 Å². The van der Waals surface area contributed by atoms with Crippen LogP contribution in [0.5, 0.6) is 0 Å². The molecule has 0 spiro atoms. The summed E-state index contributed by atoms with van der Waals surface area (Å²) in [7, 11) is 0. The monoisotopic (exact) mass is 216 g/mol. The molecule has 1 aliphatic rings. The minimum atomic E-state index is 0.657. The lowest BCUT2D eigenvalue weighted by Crippen LogP contribution is -2.14. The number of allylic oxidation sites excluding steroid dienone is 1. The molecule has 0 aliphatic carbocycles. The summed E-state index contributed by atoms with van der Waals surface area (Å²) >= 11 is 0. The maximum Gasteiger partial charge on any atom is 0.0528 e. The van der Waals surface area contributed by atoms with Gasteiger partial charge in [0.05, 0.1) is 6.61 Å². The van der Waals surface area contributed by atoms with Gasteiger partial charge in [-0.3, -0.25) is 0 Å². The van der Waals surface area contributed by atoms with Crippen molar-refractivity contribution in [3.05, 3.63) is 48.0 Å². The van der Waals surface area contributed by atoms with E-state index in [1.165, 1.54) is 18.4 Å². The lowest BCUT2D eigenvalue weighted by Gasteiger charge is -2.18. The van der Waals surface area contributed by atoms with E-state index in [1.807, 2.05) is 0 Å². The van der Waals surface area contributed by atoms with Crippen LogP contribution >= 0.6 is 0 Å². The summed E-state index contributed by atoms with van der Waals surface area (Å²) in [6, 6.07) is 10.7. The molecule has 0 bridgehead atoms. The normalized spacial score (nSPS) is 21.4. The maximum atomic E-state index is 5.45. The summed E-state index contributed by atoms with van der Waals surface area (Å²) in [5.74, 6) is 0.657. The van der Waals surface area contributed by atoms with Crippen molar-refractivity contribution < 1.29 is 4.74 Å². The van der Waals surface area contributed by atoms with Crippen LogP contribution in [-0.4, -0.2) is 13.2 Å². The van der Waals surface area contributed by atoms with Crippen molar-refractivity contribution in [3.63, 3.8) is 0 Å². The van der Waals surface area contributed by atoms with Crippen molar-refractivity contribution in [3.8, 4) is 0 Å². The van der Waals surface area contributed by atoms with Crippen LogP contribution in [0.1, 0.15) is 24.8 Å². The molecule has 1 aromatic rings. The Kier molecular flexibility index (Phi) is 4.63. The summed E-state index contributed by atoms with van der Waals surface area (Å²) in [4.78, 5) is 0. The number of benzene rings is 1. The zero-order valence-electron chi connectivity index (χ0n) is 9.77. The molecule has 0 saturated carbocycles. The van der Waals surface area contributed by atoms with E-state index in [0.717, 1.165) is 26.1 Å². The van der Waals surface area contributed by atoms with Crippen molar-refractivity contribution in [2.75, 3.05) is 13.2 Å². The highest BCUT2D eigenvalue weighted by Gasteiger charge is 2.09. The fraction of sp³-hybridized carbons (Fsp3) is 0.467. The predicted octanol–water partition coefficient (Wildman–Crippen LogP) is 3.60. The summed E-state index contributed by atoms with van der Waals surface area (Å²) in [5, 5.41) is 0. The smallest absolute Gasteiger partial charge is 0.0528 e. The molecule has 1 saturated heterocycles. The Morgan fingerprint density at radius 1 is 1.25 bits per heavy atom.